The molecule has 0 heterocycles. The highest BCUT2D eigenvalue weighted by molar-refractivity contribution is 5.75. The van der Waals surface area contributed by atoms with Gasteiger partial charge in [-0.25, -0.2) is 0 Å². The number of carbonyl (C=O) groups excluding carboxylic acids is 1. The van der Waals surface area contributed by atoms with Crippen molar-refractivity contribution in [1.29, 1.82) is 0 Å². The van der Waals surface area contributed by atoms with Crippen molar-refractivity contribution in [2.75, 3.05) is 0 Å². The van der Waals surface area contributed by atoms with Crippen LogP contribution in [0.2, 0.25) is 0 Å². The highest BCUT2D eigenvalue weighted by Gasteiger charge is 2.68. The number of ether oxygens (including phenoxy) is 1. The number of rotatable bonds is 2. The molecule has 7 atom stereocenters. The van der Waals surface area contributed by atoms with Gasteiger partial charge in [0.05, 0.1) is 5.41 Å². The zero-order chi connectivity index (χ0) is 18.9. The molecule has 1 N–H and O–H groups in total. The van der Waals surface area contributed by atoms with Crippen molar-refractivity contribution in [1.82, 2.24) is 0 Å². The first-order valence-electron chi connectivity index (χ1n) is 10.2. The van der Waals surface area contributed by atoms with Gasteiger partial charge in [0, 0.05) is 12.3 Å². The summed E-state index contributed by atoms with van der Waals surface area (Å²) < 4.78 is 5.87. The van der Waals surface area contributed by atoms with E-state index < -0.39 is 11.4 Å². The summed E-state index contributed by atoms with van der Waals surface area (Å²) >= 11 is 0. The molecule has 0 aromatic carbocycles. The summed E-state index contributed by atoms with van der Waals surface area (Å²) in [4.78, 5) is 24.0. The summed E-state index contributed by atoms with van der Waals surface area (Å²) in [5, 5.41) is 10.0. The van der Waals surface area contributed by atoms with Crippen LogP contribution in [-0.4, -0.2) is 23.1 Å². The molecule has 0 aromatic rings. The van der Waals surface area contributed by atoms with Crippen LogP contribution in [0.25, 0.3) is 0 Å². The lowest BCUT2D eigenvalue weighted by Gasteiger charge is -2.63. The van der Waals surface area contributed by atoms with Crippen LogP contribution in [-0.2, 0) is 14.3 Å². The van der Waals surface area contributed by atoms with Crippen LogP contribution in [0.1, 0.15) is 72.1 Å². The Bertz CT molecular complexity index is 669. The number of carbonyl (C=O) groups is 2. The molecule has 1 unspecified atom stereocenters. The van der Waals surface area contributed by atoms with Gasteiger partial charge in [-0.3, -0.25) is 9.59 Å². The predicted molar refractivity (Wildman–Crippen MR) is 98.4 cm³/mol. The standard InChI is InChI=1S/C22H32O4/c1-13-15-6-7-17-20(3)9-5-10-21(4,19(24)25)16(20)8-11-22(17,12-15)18(13)26-14(2)23/h15-18H,1,5-12H2,2-4H3,(H,24,25)/t15-,16?,17+,18-,20-,21-,22-/m1/s1. The highest BCUT2D eigenvalue weighted by Crippen LogP contribution is 2.72. The SMILES string of the molecule is C=C1[C@@H]2CC[C@@H]3[C@@](CCC4[C@](C)(C(=O)O)CCC[C@]43C)(C2)[C@@H]1OC(C)=O. The summed E-state index contributed by atoms with van der Waals surface area (Å²) in [6.07, 6.45) is 7.86. The van der Waals surface area contributed by atoms with Crippen molar-refractivity contribution in [3.05, 3.63) is 12.2 Å². The third-order valence-electron chi connectivity index (χ3n) is 8.95. The van der Waals surface area contributed by atoms with Crippen molar-refractivity contribution in [3.63, 3.8) is 0 Å². The van der Waals surface area contributed by atoms with Gasteiger partial charge in [-0.05, 0) is 80.6 Å². The average Bonchev–Trinajstić information content (AvgIpc) is 2.75. The molecule has 26 heavy (non-hydrogen) atoms. The van der Waals surface area contributed by atoms with Crippen molar-refractivity contribution in [2.45, 2.75) is 78.2 Å². The van der Waals surface area contributed by atoms with Gasteiger partial charge in [0.15, 0.2) is 0 Å². The maximum atomic E-state index is 12.2. The van der Waals surface area contributed by atoms with Gasteiger partial charge >= 0.3 is 11.9 Å². The molecule has 0 aliphatic heterocycles. The van der Waals surface area contributed by atoms with Crippen LogP contribution < -0.4 is 0 Å². The van der Waals surface area contributed by atoms with Crippen LogP contribution in [0.5, 0.6) is 0 Å². The van der Waals surface area contributed by atoms with Crippen molar-refractivity contribution in [3.8, 4) is 0 Å². The zero-order valence-electron chi connectivity index (χ0n) is 16.3. The Morgan fingerprint density at radius 2 is 1.85 bits per heavy atom. The number of fused-ring (bicyclic) bond motifs is 3. The van der Waals surface area contributed by atoms with Gasteiger partial charge in [0.1, 0.15) is 6.10 Å². The van der Waals surface area contributed by atoms with Crippen molar-refractivity contribution in [2.24, 2.45) is 34.0 Å². The third-order valence-corrected chi connectivity index (χ3v) is 8.95. The molecule has 0 amide bonds. The van der Waals surface area contributed by atoms with Crippen LogP contribution >= 0.6 is 0 Å². The smallest absolute Gasteiger partial charge is 0.309 e. The second kappa shape index (κ2) is 5.59. The molecule has 4 rings (SSSR count). The number of carboxylic acid groups (broad SMARTS) is 1. The number of hydrogen-bond donors (Lipinski definition) is 1. The topological polar surface area (TPSA) is 63.6 Å². The Hall–Kier alpha value is -1.32. The first-order chi connectivity index (χ1) is 12.1. The molecule has 0 saturated heterocycles. The molecule has 4 saturated carbocycles. The van der Waals surface area contributed by atoms with Gasteiger partial charge in [0.25, 0.3) is 0 Å². The lowest BCUT2D eigenvalue weighted by molar-refractivity contribution is -0.195. The second-order valence-corrected chi connectivity index (χ2v) is 10.0. The minimum atomic E-state index is -0.634. The Labute approximate surface area is 156 Å². The molecule has 4 nitrogen and oxygen atoms in total. The molecule has 2 bridgehead atoms. The van der Waals surface area contributed by atoms with Crippen molar-refractivity contribution < 1.29 is 19.4 Å². The van der Waals surface area contributed by atoms with Crippen LogP contribution in [0.15, 0.2) is 12.2 Å². The minimum absolute atomic E-state index is 0.0115. The number of carboxylic acids is 1. The van der Waals surface area contributed by atoms with Crippen LogP contribution in [0.4, 0.5) is 0 Å². The van der Waals surface area contributed by atoms with Crippen LogP contribution in [0.3, 0.4) is 0 Å². The Morgan fingerprint density at radius 1 is 1.12 bits per heavy atom. The molecular formula is C22H32O4. The van der Waals surface area contributed by atoms with Gasteiger partial charge < -0.3 is 9.84 Å². The van der Waals surface area contributed by atoms with E-state index in [4.69, 9.17) is 4.74 Å². The minimum Gasteiger partial charge on any atom is -0.481 e. The quantitative estimate of drug-likeness (QED) is 0.578. The van der Waals surface area contributed by atoms with Gasteiger partial charge in [-0.1, -0.05) is 19.9 Å². The van der Waals surface area contributed by atoms with Crippen molar-refractivity contribution >= 4 is 11.9 Å². The molecule has 4 heteroatoms. The van der Waals surface area contributed by atoms with Gasteiger partial charge in [-0.15, -0.1) is 0 Å². The largest absolute Gasteiger partial charge is 0.481 e. The molecular weight excluding hydrogens is 328 g/mol. The fourth-order valence-corrected chi connectivity index (χ4v) is 7.95. The summed E-state index contributed by atoms with van der Waals surface area (Å²) in [5.41, 5.74) is 0.477. The third kappa shape index (κ3) is 2.13. The lowest BCUT2D eigenvalue weighted by atomic mass is 9.40. The second-order valence-electron chi connectivity index (χ2n) is 10.0. The van der Waals surface area contributed by atoms with E-state index in [1.165, 1.54) is 6.92 Å². The maximum Gasteiger partial charge on any atom is 0.309 e. The first kappa shape index (κ1) is 18.1. The summed E-state index contributed by atoms with van der Waals surface area (Å²) in [5.74, 6) is 0.242. The first-order valence-corrected chi connectivity index (χ1v) is 10.2. The maximum absolute atomic E-state index is 12.2. The molecule has 4 aliphatic carbocycles. The van der Waals surface area contributed by atoms with E-state index in [-0.39, 0.29) is 28.8 Å². The van der Waals surface area contributed by atoms with E-state index in [9.17, 15) is 14.7 Å². The Morgan fingerprint density at radius 3 is 2.50 bits per heavy atom. The number of aliphatic carboxylic acids is 1. The number of hydrogen-bond acceptors (Lipinski definition) is 3. The molecule has 0 aromatic heterocycles. The normalized spacial score (nSPS) is 49.9. The van der Waals surface area contributed by atoms with E-state index in [2.05, 4.69) is 13.5 Å². The highest BCUT2D eigenvalue weighted by atomic mass is 16.5. The fraction of sp³-hybridized carbons (Fsp3) is 0.818. The predicted octanol–water partition coefficient (Wildman–Crippen LogP) is 4.58. The zero-order valence-corrected chi connectivity index (χ0v) is 16.3. The summed E-state index contributed by atoms with van der Waals surface area (Å²) in [6.45, 7) is 10.1. The Balaban J connectivity index is 1.77. The monoisotopic (exact) mass is 360 g/mol. The number of esters is 1. The fourth-order valence-electron chi connectivity index (χ4n) is 7.95. The molecule has 4 fully saturated rings. The molecule has 0 radical (unpaired) electrons. The Kier molecular flexibility index (Phi) is 3.88. The van der Waals surface area contributed by atoms with Gasteiger partial charge in [-0.2, -0.15) is 0 Å². The lowest BCUT2D eigenvalue weighted by Crippen LogP contribution is -2.60. The molecule has 1 spiro atoms. The molecule has 144 valence electrons. The molecule has 4 aliphatic rings. The van der Waals surface area contributed by atoms with E-state index >= 15 is 0 Å². The summed E-state index contributed by atoms with van der Waals surface area (Å²) in [6, 6.07) is 0. The van der Waals surface area contributed by atoms with E-state index in [1.807, 2.05) is 6.92 Å². The van der Waals surface area contributed by atoms with E-state index in [0.29, 0.717) is 11.8 Å². The average molecular weight is 360 g/mol. The summed E-state index contributed by atoms with van der Waals surface area (Å²) in [7, 11) is 0. The van der Waals surface area contributed by atoms with Crippen LogP contribution in [0, 0.1) is 34.0 Å². The van der Waals surface area contributed by atoms with Gasteiger partial charge in [0.2, 0.25) is 0 Å². The van der Waals surface area contributed by atoms with E-state index in [0.717, 1.165) is 56.9 Å². The van der Waals surface area contributed by atoms with E-state index in [1.54, 1.807) is 0 Å².